The monoisotopic (exact) mass is 376 g/mol. The van der Waals surface area contributed by atoms with Gasteiger partial charge in [0.15, 0.2) is 0 Å². The normalized spacial score (nSPS) is 12.6. The molecular formula is C17H16N2O4S2. The topological polar surface area (TPSA) is 83.6 Å². The standard InChI is InChI=1S/C17H16N2O4S2/c1-19(18-24(20,21)16-9-3-2-4-10-16)25(22,23)17-12-11-14-7-5-6-8-15(14)13-17/h2-13,18H,1H3. The summed E-state index contributed by atoms with van der Waals surface area (Å²) in [6, 6.07) is 19.5. The third-order valence-corrected chi connectivity index (χ3v) is 6.87. The van der Waals surface area contributed by atoms with E-state index in [2.05, 4.69) is 4.83 Å². The zero-order chi connectivity index (χ0) is 18.1. The Hall–Kier alpha value is -2.26. The maximum atomic E-state index is 12.7. The summed E-state index contributed by atoms with van der Waals surface area (Å²) in [5.74, 6) is 0. The maximum Gasteiger partial charge on any atom is 0.256 e. The van der Waals surface area contributed by atoms with Crippen LogP contribution < -0.4 is 4.83 Å². The van der Waals surface area contributed by atoms with Crippen molar-refractivity contribution in [3.63, 3.8) is 0 Å². The molecule has 3 aromatic carbocycles. The fourth-order valence-electron chi connectivity index (χ4n) is 2.36. The summed E-state index contributed by atoms with van der Waals surface area (Å²) < 4.78 is 50.6. The zero-order valence-electron chi connectivity index (χ0n) is 13.3. The van der Waals surface area contributed by atoms with Gasteiger partial charge in [0.05, 0.1) is 9.79 Å². The first-order valence-corrected chi connectivity index (χ1v) is 10.3. The number of nitrogens with one attached hydrogen (secondary N) is 1. The number of benzene rings is 3. The molecule has 0 heterocycles. The molecule has 0 bridgehead atoms. The van der Waals surface area contributed by atoms with Gasteiger partial charge in [-0.3, -0.25) is 0 Å². The first-order chi connectivity index (χ1) is 11.8. The van der Waals surface area contributed by atoms with Crippen LogP contribution >= 0.6 is 0 Å². The summed E-state index contributed by atoms with van der Waals surface area (Å²) in [7, 11) is -6.87. The van der Waals surface area contributed by atoms with Crippen molar-refractivity contribution >= 4 is 30.8 Å². The van der Waals surface area contributed by atoms with E-state index in [0.29, 0.717) is 4.41 Å². The van der Waals surface area contributed by atoms with Gasteiger partial charge in [-0.05, 0) is 35.0 Å². The van der Waals surface area contributed by atoms with Gasteiger partial charge in [-0.25, -0.2) is 16.8 Å². The molecule has 0 radical (unpaired) electrons. The molecule has 0 aliphatic rings. The van der Waals surface area contributed by atoms with E-state index in [-0.39, 0.29) is 9.79 Å². The second-order valence-electron chi connectivity index (χ2n) is 5.39. The van der Waals surface area contributed by atoms with Crippen molar-refractivity contribution in [2.75, 3.05) is 7.05 Å². The van der Waals surface area contributed by atoms with Crippen LogP contribution in [-0.4, -0.2) is 28.3 Å². The van der Waals surface area contributed by atoms with Crippen molar-refractivity contribution in [2.24, 2.45) is 0 Å². The molecule has 3 rings (SSSR count). The Morgan fingerprint density at radius 3 is 2.00 bits per heavy atom. The Morgan fingerprint density at radius 1 is 0.720 bits per heavy atom. The SMILES string of the molecule is CN(NS(=O)(=O)c1ccccc1)S(=O)(=O)c1ccc2ccccc2c1. The van der Waals surface area contributed by atoms with Gasteiger partial charge in [0.2, 0.25) is 0 Å². The highest BCUT2D eigenvalue weighted by Gasteiger charge is 2.26. The van der Waals surface area contributed by atoms with Crippen LogP contribution in [0.25, 0.3) is 10.8 Å². The molecule has 0 amide bonds. The van der Waals surface area contributed by atoms with Crippen LogP contribution in [0.15, 0.2) is 82.6 Å². The van der Waals surface area contributed by atoms with Crippen LogP contribution in [-0.2, 0) is 20.0 Å². The lowest BCUT2D eigenvalue weighted by molar-refractivity contribution is 0.432. The first-order valence-electron chi connectivity index (χ1n) is 7.36. The highest BCUT2D eigenvalue weighted by atomic mass is 32.2. The van der Waals surface area contributed by atoms with Crippen molar-refractivity contribution in [1.82, 2.24) is 9.25 Å². The summed E-state index contributed by atoms with van der Waals surface area (Å²) in [6.07, 6.45) is 0. The third-order valence-electron chi connectivity index (χ3n) is 3.68. The summed E-state index contributed by atoms with van der Waals surface area (Å²) in [5, 5.41) is 1.65. The smallest absolute Gasteiger partial charge is 0.206 e. The number of nitrogens with zero attached hydrogens (tertiary/aromatic N) is 1. The van der Waals surface area contributed by atoms with E-state index in [4.69, 9.17) is 0 Å². The molecule has 8 heteroatoms. The molecule has 0 saturated heterocycles. The van der Waals surface area contributed by atoms with Gasteiger partial charge in [-0.2, -0.15) is 0 Å². The largest absolute Gasteiger partial charge is 0.256 e. The van der Waals surface area contributed by atoms with Gasteiger partial charge < -0.3 is 0 Å². The first kappa shape index (κ1) is 17.6. The Balaban J connectivity index is 1.93. The summed E-state index contributed by atoms with van der Waals surface area (Å²) >= 11 is 0. The number of hydrogen-bond acceptors (Lipinski definition) is 4. The highest BCUT2D eigenvalue weighted by molar-refractivity contribution is 7.92. The lowest BCUT2D eigenvalue weighted by Gasteiger charge is -2.18. The Bertz CT molecular complexity index is 1110. The van der Waals surface area contributed by atoms with Gasteiger partial charge in [0, 0.05) is 7.05 Å². The zero-order valence-corrected chi connectivity index (χ0v) is 15.0. The molecule has 0 aliphatic carbocycles. The Morgan fingerprint density at radius 2 is 1.32 bits per heavy atom. The van der Waals surface area contributed by atoms with E-state index in [0.717, 1.165) is 17.8 Å². The highest BCUT2D eigenvalue weighted by Crippen LogP contribution is 2.21. The number of hydrazine groups is 1. The lowest BCUT2D eigenvalue weighted by atomic mass is 10.1. The third kappa shape index (κ3) is 3.57. The van der Waals surface area contributed by atoms with Crippen LogP contribution in [0.2, 0.25) is 0 Å². The molecular weight excluding hydrogens is 360 g/mol. The van der Waals surface area contributed by atoms with Gasteiger partial charge >= 0.3 is 0 Å². The number of hydrogen-bond donors (Lipinski definition) is 1. The molecule has 130 valence electrons. The molecule has 1 N–H and O–H groups in total. The molecule has 0 aromatic heterocycles. The predicted octanol–water partition coefficient (Wildman–Crippen LogP) is 2.35. The molecule has 0 spiro atoms. The second-order valence-corrected chi connectivity index (χ2v) is 9.02. The minimum Gasteiger partial charge on any atom is -0.206 e. The fourth-order valence-corrected chi connectivity index (χ4v) is 4.83. The van der Waals surface area contributed by atoms with Gasteiger partial charge in [-0.15, -0.1) is 9.25 Å². The Labute approximate surface area is 146 Å². The van der Waals surface area contributed by atoms with Gasteiger partial charge in [0.25, 0.3) is 20.0 Å². The molecule has 0 unspecified atom stereocenters. The van der Waals surface area contributed by atoms with Crippen LogP contribution in [0.3, 0.4) is 0 Å². The molecule has 0 fully saturated rings. The average Bonchev–Trinajstić information content (AvgIpc) is 2.61. The molecule has 25 heavy (non-hydrogen) atoms. The van der Waals surface area contributed by atoms with Crippen molar-refractivity contribution in [3.8, 4) is 0 Å². The number of fused-ring (bicyclic) bond motifs is 1. The quantitative estimate of drug-likeness (QED) is 0.693. The Kier molecular flexibility index (Phi) is 4.61. The number of sulfonamides is 2. The maximum absolute atomic E-state index is 12.7. The van der Waals surface area contributed by atoms with E-state index < -0.39 is 20.0 Å². The molecule has 0 saturated carbocycles. The van der Waals surface area contributed by atoms with Crippen molar-refractivity contribution < 1.29 is 16.8 Å². The lowest BCUT2D eigenvalue weighted by Crippen LogP contribution is -2.43. The van der Waals surface area contributed by atoms with Gasteiger partial charge in [-0.1, -0.05) is 48.5 Å². The van der Waals surface area contributed by atoms with E-state index in [1.54, 1.807) is 36.4 Å². The van der Waals surface area contributed by atoms with Crippen LogP contribution in [0.4, 0.5) is 0 Å². The van der Waals surface area contributed by atoms with Crippen LogP contribution in [0.5, 0.6) is 0 Å². The average molecular weight is 376 g/mol. The molecule has 6 nitrogen and oxygen atoms in total. The minimum atomic E-state index is -4.03. The van der Waals surface area contributed by atoms with Crippen molar-refractivity contribution in [3.05, 3.63) is 72.8 Å². The van der Waals surface area contributed by atoms with Crippen molar-refractivity contribution in [1.29, 1.82) is 0 Å². The summed E-state index contributed by atoms with van der Waals surface area (Å²) in [6.45, 7) is 0. The molecule has 0 aliphatic heterocycles. The molecule has 3 aromatic rings. The van der Waals surface area contributed by atoms with E-state index in [1.807, 2.05) is 12.1 Å². The second kappa shape index (κ2) is 6.57. The number of rotatable bonds is 5. The molecule has 0 atom stereocenters. The van der Waals surface area contributed by atoms with E-state index in [9.17, 15) is 16.8 Å². The van der Waals surface area contributed by atoms with E-state index in [1.165, 1.54) is 24.3 Å². The summed E-state index contributed by atoms with van der Waals surface area (Å²) in [5.41, 5.74) is 0. The predicted molar refractivity (Wildman–Crippen MR) is 95.7 cm³/mol. The summed E-state index contributed by atoms with van der Waals surface area (Å²) in [4.78, 5) is 2.06. The van der Waals surface area contributed by atoms with Crippen LogP contribution in [0, 0.1) is 0 Å². The van der Waals surface area contributed by atoms with Gasteiger partial charge in [0.1, 0.15) is 0 Å². The van der Waals surface area contributed by atoms with Crippen LogP contribution in [0.1, 0.15) is 0 Å². The van der Waals surface area contributed by atoms with Crippen molar-refractivity contribution in [2.45, 2.75) is 9.79 Å². The fraction of sp³-hybridized carbons (Fsp3) is 0.0588. The minimum absolute atomic E-state index is 0.00413. The van der Waals surface area contributed by atoms with E-state index >= 15 is 0 Å².